The third-order valence-corrected chi connectivity index (χ3v) is 5.33. The molecule has 3 rings (SSSR count). The van der Waals surface area contributed by atoms with Crippen LogP contribution in [-0.4, -0.2) is 46.7 Å². The number of nitrogens with zero attached hydrogens (tertiary/aromatic N) is 4. The molecule has 2 heterocycles. The molecule has 0 saturated carbocycles. The number of halogens is 2. The third-order valence-electron chi connectivity index (χ3n) is 5.08. The first kappa shape index (κ1) is 25.9. The lowest BCUT2D eigenvalue weighted by Crippen LogP contribution is -2.48. The first-order valence-electron chi connectivity index (χ1n) is 10.7. The molecule has 0 unspecified atom stereocenters. The third kappa shape index (κ3) is 8.23. The van der Waals surface area contributed by atoms with Crippen LogP contribution < -0.4 is 10.6 Å². The van der Waals surface area contributed by atoms with Gasteiger partial charge < -0.3 is 15.2 Å². The van der Waals surface area contributed by atoms with Crippen LogP contribution in [0, 0.1) is 0 Å². The van der Waals surface area contributed by atoms with Gasteiger partial charge in [-0.15, -0.1) is 24.0 Å². The van der Waals surface area contributed by atoms with E-state index in [2.05, 4.69) is 70.5 Å². The Morgan fingerprint density at radius 3 is 2.48 bits per heavy atom. The summed E-state index contributed by atoms with van der Waals surface area (Å²) in [5, 5.41) is 11.7. The van der Waals surface area contributed by atoms with Crippen LogP contribution in [0.15, 0.2) is 33.8 Å². The Balaban J connectivity index is 0.00000341. The van der Waals surface area contributed by atoms with E-state index >= 15 is 0 Å². The van der Waals surface area contributed by atoms with Crippen molar-refractivity contribution in [2.24, 2.45) is 4.99 Å². The van der Waals surface area contributed by atoms with Gasteiger partial charge in [0.1, 0.15) is 6.54 Å². The van der Waals surface area contributed by atoms with Gasteiger partial charge in [-0.25, -0.2) is 4.99 Å². The molecule has 2 aromatic rings. The molecule has 0 bridgehead atoms. The molecule has 2 N–H and O–H groups in total. The molecule has 1 fully saturated rings. The van der Waals surface area contributed by atoms with Crippen molar-refractivity contribution in [1.82, 2.24) is 25.7 Å². The lowest BCUT2D eigenvalue weighted by Gasteiger charge is -2.33. The van der Waals surface area contributed by atoms with E-state index in [-0.39, 0.29) is 29.4 Å². The molecule has 0 amide bonds. The number of aliphatic imine (C=N–C) groups is 1. The topological polar surface area (TPSA) is 78.6 Å². The Kier molecular flexibility index (Phi) is 10.0. The Bertz CT molecular complexity index is 825. The number of likely N-dealkylation sites (tertiary alicyclic amines) is 1. The second kappa shape index (κ2) is 12.0. The number of hydrogen-bond donors (Lipinski definition) is 2. The number of aromatic nitrogens is 2. The fourth-order valence-electron chi connectivity index (χ4n) is 3.37. The molecule has 1 aliphatic rings. The second-order valence-electron chi connectivity index (χ2n) is 8.78. The van der Waals surface area contributed by atoms with Crippen LogP contribution in [0.2, 0.25) is 5.02 Å². The minimum Gasteiger partial charge on any atom is -0.357 e. The van der Waals surface area contributed by atoms with Crippen LogP contribution in [0.1, 0.15) is 57.8 Å². The maximum atomic E-state index is 5.98. The van der Waals surface area contributed by atoms with Gasteiger partial charge in [-0.05, 0) is 37.5 Å². The predicted molar refractivity (Wildman–Crippen MR) is 136 cm³/mol. The van der Waals surface area contributed by atoms with E-state index in [1.54, 1.807) is 0 Å². The maximum absolute atomic E-state index is 5.98. The van der Waals surface area contributed by atoms with E-state index < -0.39 is 0 Å². The Hall–Kier alpha value is -1.39. The Morgan fingerprint density at radius 2 is 1.90 bits per heavy atom. The van der Waals surface area contributed by atoms with E-state index in [4.69, 9.17) is 16.1 Å². The molecular formula is C22H34ClIN6O. The van der Waals surface area contributed by atoms with Crippen LogP contribution in [0.4, 0.5) is 0 Å². The summed E-state index contributed by atoms with van der Waals surface area (Å²) in [5.41, 5.74) is 1.15. The molecule has 0 aliphatic carbocycles. The molecule has 0 atom stereocenters. The molecule has 7 nitrogen and oxygen atoms in total. The molecule has 9 heteroatoms. The molecule has 31 heavy (non-hydrogen) atoms. The van der Waals surface area contributed by atoms with Gasteiger partial charge in [0.25, 0.3) is 0 Å². The fraction of sp³-hybridized carbons (Fsp3) is 0.591. The molecule has 172 valence electrons. The van der Waals surface area contributed by atoms with Gasteiger partial charge in [0.15, 0.2) is 11.8 Å². The highest BCUT2D eigenvalue weighted by molar-refractivity contribution is 14.0. The molecule has 0 spiro atoms. The highest BCUT2D eigenvalue weighted by Gasteiger charge is 2.22. The van der Waals surface area contributed by atoms with Crippen LogP contribution in [-0.2, 0) is 18.5 Å². The maximum Gasteiger partial charge on any atom is 0.232 e. The van der Waals surface area contributed by atoms with E-state index in [1.165, 1.54) is 5.56 Å². The van der Waals surface area contributed by atoms with Crippen molar-refractivity contribution in [2.75, 3.05) is 19.6 Å². The van der Waals surface area contributed by atoms with Crippen molar-refractivity contribution >= 4 is 41.5 Å². The molecule has 0 radical (unpaired) electrons. The first-order valence-corrected chi connectivity index (χ1v) is 11.1. The molecule has 1 saturated heterocycles. The molecule has 1 aromatic carbocycles. The number of guanidine groups is 1. The largest absolute Gasteiger partial charge is 0.357 e. The minimum absolute atomic E-state index is 0. The summed E-state index contributed by atoms with van der Waals surface area (Å²) < 4.78 is 5.35. The summed E-state index contributed by atoms with van der Waals surface area (Å²) in [4.78, 5) is 11.6. The van der Waals surface area contributed by atoms with E-state index in [1.807, 2.05) is 12.1 Å². The van der Waals surface area contributed by atoms with Crippen molar-refractivity contribution in [2.45, 2.75) is 65.1 Å². The summed E-state index contributed by atoms with van der Waals surface area (Å²) in [6.45, 7) is 12.5. The monoisotopic (exact) mass is 560 g/mol. The molecule has 1 aromatic heterocycles. The first-order chi connectivity index (χ1) is 14.3. The molecule has 1 aliphatic heterocycles. The van der Waals surface area contributed by atoms with Crippen LogP contribution in [0.25, 0.3) is 0 Å². The summed E-state index contributed by atoms with van der Waals surface area (Å²) >= 11 is 5.98. The average Bonchev–Trinajstić information content (AvgIpc) is 3.19. The van der Waals surface area contributed by atoms with Gasteiger partial charge in [0.05, 0.1) is 0 Å². The predicted octanol–water partition coefficient (Wildman–Crippen LogP) is 4.36. The lowest BCUT2D eigenvalue weighted by atomic mass is 9.97. The SMILES string of the molecule is CCNC(=NCc1noc(C(C)(C)C)n1)NC1CCN(Cc2ccc(Cl)cc2)CC1.I. The average molecular weight is 561 g/mol. The number of benzene rings is 1. The highest BCUT2D eigenvalue weighted by atomic mass is 127. The summed E-state index contributed by atoms with van der Waals surface area (Å²) in [6, 6.07) is 8.52. The van der Waals surface area contributed by atoms with Crippen LogP contribution in [0.5, 0.6) is 0 Å². The van der Waals surface area contributed by atoms with Crippen LogP contribution >= 0.6 is 35.6 Å². The van der Waals surface area contributed by atoms with Crippen molar-refractivity contribution in [3.63, 3.8) is 0 Å². The van der Waals surface area contributed by atoms with Crippen LogP contribution in [0.3, 0.4) is 0 Å². The van der Waals surface area contributed by atoms with E-state index in [0.29, 0.717) is 24.3 Å². The van der Waals surface area contributed by atoms with Crippen molar-refractivity contribution < 1.29 is 4.52 Å². The number of hydrogen-bond acceptors (Lipinski definition) is 5. The summed E-state index contributed by atoms with van der Waals surface area (Å²) in [6.07, 6.45) is 2.16. The van der Waals surface area contributed by atoms with Gasteiger partial charge in [-0.1, -0.05) is 49.7 Å². The highest BCUT2D eigenvalue weighted by Crippen LogP contribution is 2.20. The van der Waals surface area contributed by atoms with Gasteiger partial charge in [-0.3, -0.25) is 4.90 Å². The zero-order valence-electron chi connectivity index (χ0n) is 18.8. The minimum atomic E-state index is -0.155. The smallest absolute Gasteiger partial charge is 0.232 e. The zero-order chi connectivity index (χ0) is 21.6. The van der Waals surface area contributed by atoms with Gasteiger partial charge >= 0.3 is 0 Å². The Labute approximate surface area is 207 Å². The van der Waals surface area contributed by atoms with E-state index in [0.717, 1.165) is 50.0 Å². The number of piperidine rings is 1. The van der Waals surface area contributed by atoms with Gasteiger partial charge in [0.2, 0.25) is 5.89 Å². The normalized spacial score (nSPS) is 16.1. The summed E-state index contributed by atoms with van der Waals surface area (Å²) in [7, 11) is 0. The van der Waals surface area contributed by atoms with Crippen molar-refractivity contribution in [3.05, 3.63) is 46.6 Å². The van der Waals surface area contributed by atoms with Crippen molar-refractivity contribution in [3.8, 4) is 0 Å². The fourth-order valence-corrected chi connectivity index (χ4v) is 3.50. The van der Waals surface area contributed by atoms with E-state index in [9.17, 15) is 0 Å². The number of nitrogens with one attached hydrogen (secondary N) is 2. The molecular weight excluding hydrogens is 527 g/mol. The van der Waals surface area contributed by atoms with Crippen molar-refractivity contribution in [1.29, 1.82) is 0 Å². The quantitative estimate of drug-likeness (QED) is 0.311. The second-order valence-corrected chi connectivity index (χ2v) is 9.22. The number of rotatable bonds is 6. The standard InChI is InChI=1S/C22H33ClN6O.HI/c1-5-24-21(25-14-19-27-20(30-28-19)22(2,3)4)26-18-10-12-29(13-11-18)15-16-6-8-17(23)9-7-16;/h6-9,18H,5,10-15H2,1-4H3,(H2,24,25,26);1H. The zero-order valence-corrected chi connectivity index (χ0v) is 21.9. The van der Waals surface area contributed by atoms with Gasteiger partial charge in [0, 0.05) is 42.7 Å². The summed E-state index contributed by atoms with van der Waals surface area (Å²) in [5.74, 6) is 2.05. The van der Waals surface area contributed by atoms with Gasteiger partial charge in [-0.2, -0.15) is 4.98 Å². The Morgan fingerprint density at radius 1 is 1.23 bits per heavy atom. The lowest BCUT2D eigenvalue weighted by molar-refractivity contribution is 0.198.